The summed E-state index contributed by atoms with van der Waals surface area (Å²) in [7, 11) is 0. The van der Waals surface area contributed by atoms with Crippen LogP contribution in [0.25, 0.3) is 0 Å². The van der Waals surface area contributed by atoms with Gasteiger partial charge in [0.1, 0.15) is 11.3 Å². The van der Waals surface area contributed by atoms with Gasteiger partial charge in [-0.05, 0) is 89.7 Å². The maximum Gasteiger partial charge on any atom is 0.412 e. The monoisotopic (exact) mass is 507 g/mol. The minimum atomic E-state index is -0.908. The minimum Gasteiger partial charge on any atom is -0.444 e. The van der Waals surface area contributed by atoms with Crippen LogP contribution in [0.3, 0.4) is 0 Å². The average molecular weight is 508 g/mol. The summed E-state index contributed by atoms with van der Waals surface area (Å²) in [5, 5.41) is 3.26. The lowest BCUT2D eigenvalue weighted by Gasteiger charge is -2.47. The number of ether oxygens (including phenoxy) is 1. The molecule has 6 nitrogen and oxygen atoms in total. The van der Waals surface area contributed by atoms with Crippen molar-refractivity contribution >= 4 is 12.0 Å². The zero-order valence-electron chi connectivity index (χ0n) is 22.9. The zero-order chi connectivity index (χ0) is 26.7. The van der Waals surface area contributed by atoms with Crippen molar-refractivity contribution < 1.29 is 14.3 Å². The summed E-state index contributed by atoms with van der Waals surface area (Å²) in [6.07, 6.45) is 7.32. The Balaban J connectivity index is 1.70. The smallest absolute Gasteiger partial charge is 0.412 e. The largest absolute Gasteiger partial charge is 0.444 e. The molecule has 2 aromatic carbocycles. The molecular weight excluding hydrogens is 462 g/mol. The molecule has 1 aliphatic heterocycles. The van der Waals surface area contributed by atoms with Gasteiger partial charge in [-0.15, -0.1) is 0 Å². The van der Waals surface area contributed by atoms with Crippen molar-refractivity contribution in [3.05, 3.63) is 71.8 Å². The Morgan fingerprint density at radius 3 is 1.97 bits per heavy atom. The summed E-state index contributed by atoms with van der Waals surface area (Å²) >= 11 is 0. The fraction of sp³-hybridized carbons (Fsp3) is 0.548. The van der Waals surface area contributed by atoms with Gasteiger partial charge < -0.3 is 15.8 Å². The molecule has 3 rings (SSSR count). The molecule has 0 aromatic heterocycles. The predicted octanol–water partition coefficient (Wildman–Crippen LogP) is 5.84. The van der Waals surface area contributed by atoms with Gasteiger partial charge in [-0.3, -0.25) is 9.69 Å². The number of carbonyl (C=O) groups excluding carboxylic acids is 2. The predicted molar refractivity (Wildman–Crippen MR) is 149 cm³/mol. The highest BCUT2D eigenvalue weighted by molar-refractivity contribution is 5.80. The van der Waals surface area contributed by atoms with Crippen molar-refractivity contribution in [3.8, 4) is 0 Å². The molecule has 0 spiro atoms. The first-order chi connectivity index (χ1) is 17.7. The molecule has 2 aromatic rings. The summed E-state index contributed by atoms with van der Waals surface area (Å²) in [5.74, 6) is -0.153. The van der Waals surface area contributed by atoms with Crippen LogP contribution in [0.2, 0.25) is 0 Å². The molecule has 37 heavy (non-hydrogen) atoms. The van der Waals surface area contributed by atoms with Crippen molar-refractivity contribution in [3.63, 3.8) is 0 Å². The van der Waals surface area contributed by atoms with Crippen molar-refractivity contribution in [1.82, 2.24) is 10.2 Å². The second kappa shape index (κ2) is 13.6. The quantitative estimate of drug-likeness (QED) is 0.400. The van der Waals surface area contributed by atoms with E-state index in [4.69, 9.17) is 10.5 Å². The van der Waals surface area contributed by atoms with E-state index < -0.39 is 17.4 Å². The zero-order valence-corrected chi connectivity index (χ0v) is 22.9. The normalized spacial score (nSPS) is 18.0. The molecule has 1 fully saturated rings. The fourth-order valence-electron chi connectivity index (χ4n) is 5.15. The molecule has 6 heteroatoms. The number of nitrogens with one attached hydrogen (secondary N) is 1. The number of nitrogens with zero attached hydrogens (tertiary/aromatic N) is 1. The van der Waals surface area contributed by atoms with Gasteiger partial charge in [0.25, 0.3) is 0 Å². The van der Waals surface area contributed by atoms with Gasteiger partial charge in [-0.1, -0.05) is 60.7 Å². The standard InChI is InChI=1S/C31H45N3O3/c1-30(2,3)37-29(36)34-23-11-10-22-31(34,24-32)33-28(35)27(20-12-18-25-14-6-4-7-15-25)21-13-19-26-16-8-5-9-17-26/h4-9,14-17,27H,10-13,18-24,32H2,1-3H3,(H,33,35). The van der Waals surface area contributed by atoms with Gasteiger partial charge >= 0.3 is 6.09 Å². The van der Waals surface area contributed by atoms with Crippen LogP contribution in [0.1, 0.15) is 76.8 Å². The van der Waals surface area contributed by atoms with Gasteiger partial charge in [0.05, 0.1) is 0 Å². The highest BCUT2D eigenvalue weighted by atomic mass is 16.6. The Morgan fingerprint density at radius 2 is 1.49 bits per heavy atom. The maximum absolute atomic E-state index is 13.8. The average Bonchev–Trinajstić information content (AvgIpc) is 2.88. The van der Waals surface area contributed by atoms with Crippen LogP contribution in [-0.2, 0) is 22.4 Å². The number of benzene rings is 2. The first-order valence-electron chi connectivity index (χ1n) is 13.8. The van der Waals surface area contributed by atoms with E-state index in [9.17, 15) is 9.59 Å². The van der Waals surface area contributed by atoms with Gasteiger partial charge in [-0.25, -0.2) is 4.79 Å². The van der Waals surface area contributed by atoms with Gasteiger partial charge in [0.2, 0.25) is 5.91 Å². The molecule has 0 radical (unpaired) electrons. The topological polar surface area (TPSA) is 84.7 Å². The third-order valence-corrected chi connectivity index (χ3v) is 7.14. The van der Waals surface area contributed by atoms with E-state index in [1.807, 2.05) is 32.9 Å². The molecule has 1 heterocycles. The lowest BCUT2D eigenvalue weighted by Crippen LogP contribution is -2.68. The Labute approximate surface area is 223 Å². The highest BCUT2D eigenvalue weighted by Crippen LogP contribution is 2.29. The molecule has 1 atom stereocenters. The molecule has 0 aliphatic carbocycles. The van der Waals surface area contributed by atoms with E-state index in [1.165, 1.54) is 11.1 Å². The van der Waals surface area contributed by atoms with Crippen LogP contribution < -0.4 is 11.1 Å². The molecule has 1 aliphatic rings. The number of hydrogen-bond acceptors (Lipinski definition) is 4. The molecule has 2 amide bonds. The number of amides is 2. The Bertz CT molecular complexity index is 929. The number of likely N-dealkylation sites (tertiary alicyclic amines) is 1. The van der Waals surface area contributed by atoms with Crippen LogP contribution in [0, 0.1) is 5.92 Å². The van der Waals surface area contributed by atoms with E-state index in [0.29, 0.717) is 13.0 Å². The fourth-order valence-corrected chi connectivity index (χ4v) is 5.15. The summed E-state index contributed by atoms with van der Waals surface area (Å²) in [4.78, 5) is 28.5. The second-order valence-corrected chi connectivity index (χ2v) is 11.3. The Kier molecular flexibility index (Phi) is 10.6. The van der Waals surface area contributed by atoms with Gasteiger partial charge in [0, 0.05) is 19.0 Å². The molecule has 1 saturated heterocycles. The van der Waals surface area contributed by atoms with Gasteiger partial charge in [-0.2, -0.15) is 0 Å². The summed E-state index contributed by atoms with van der Waals surface area (Å²) in [5.41, 5.74) is 7.31. The number of nitrogens with two attached hydrogens (primary N) is 1. The van der Waals surface area contributed by atoms with Crippen molar-refractivity contribution in [2.75, 3.05) is 13.1 Å². The minimum absolute atomic E-state index is 0.0120. The number of carbonyl (C=O) groups is 2. The summed E-state index contributed by atoms with van der Waals surface area (Å²) in [6.45, 7) is 6.25. The molecule has 0 bridgehead atoms. The molecule has 1 unspecified atom stereocenters. The van der Waals surface area contributed by atoms with Crippen molar-refractivity contribution in [2.45, 2.75) is 89.8 Å². The molecular formula is C31H45N3O3. The Morgan fingerprint density at radius 1 is 0.946 bits per heavy atom. The SMILES string of the molecule is CC(C)(C)OC(=O)N1CCCCC1(CN)NC(=O)C(CCCc1ccccc1)CCCc1ccccc1. The molecule has 3 N–H and O–H groups in total. The highest BCUT2D eigenvalue weighted by Gasteiger charge is 2.44. The first kappa shape index (κ1) is 28.7. The summed E-state index contributed by atoms with van der Waals surface area (Å²) in [6, 6.07) is 20.8. The first-order valence-corrected chi connectivity index (χ1v) is 13.8. The third-order valence-electron chi connectivity index (χ3n) is 7.14. The van der Waals surface area contributed by atoms with E-state index in [0.717, 1.165) is 51.4 Å². The van der Waals surface area contributed by atoms with Crippen molar-refractivity contribution in [2.24, 2.45) is 11.7 Å². The van der Waals surface area contributed by atoms with Crippen LogP contribution in [-0.4, -0.2) is 41.3 Å². The van der Waals surface area contributed by atoms with E-state index in [1.54, 1.807) is 4.90 Å². The van der Waals surface area contributed by atoms with Gasteiger partial charge in [0.15, 0.2) is 0 Å². The van der Waals surface area contributed by atoms with E-state index in [2.05, 4.69) is 53.8 Å². The maximum atomic E-state index is 13.8. The summed E-state index contributed by atoms with van der Waals surface area (Å²) < 4.78 is 5.68. The van der Waals surface area contributed by atoms with Crippen LogP contribution in [0.15, 0.2) is 60.7 Å². The Hall–Kier alpha value is -2.86. The van der Waals surface area contributed by atoms with E-state index >= 15 is 0 Å². The van der Waals surface area contributed by atoms with Crippen molar-refractivity contribution in [1.29, 1.82) is 0 Å². The van der Waals surface area contributed by atoms with Crippen LogP contribution >= 0.6 is 0 Å². The lowest BCUT2D eigenvalue weighted by molar-refractivity contribution is -0.131. The van der Waals surface area contributed by atoms with E-state index in [-0.39, 0.29) is 18.4 Å². The van der Waals surface area contributed by atoms with Crippen LogP contribution in [0.5, 0.6) is 0 Å². The number of aryl methyl sites for hydroxylation is 2. The lowest BCUT2D eigenvalue weighted by atomic mass is 9.90. The molecule has 202 valence electrons. The number of piperidine rings is 1. The molecule has 0 saturated carbocycles. The number of rotatable bonds is 11. The number of hydrogen-bond donors (Lipinski definition) is 2. The third kappa shape index (κ3) is 8.89. The van der Waals surface area contributed by atoms with Crippen LogP contribution in [0.4, 0.5) is 4.79 Å². The second-order valence-electron chi connectivity index (χ2n) is 11.3.